The van der Waals surface area contributed by atoms with Crippen LogP contribution in [0.2, 0.25) is 5.02 Å². The van der Waals surface area contributed by atoms with Crippen molar-refractivity contribution < 1.29 is 24.1 Å². The van der Waals surface area contributed by atoms with Crippen molar-refractivity contribution in [2.75, 3.05) is 44.9 Å². The van der Waals surface area contributed by atoms with E-state index in [4.69, 9.17) is 30.8 Å². The third-order valence-corrected chi connectivity index (χ3v) is 10.3. The zero-order valence-electron chi connectivity index (χ0n) is 24.2. The largest absolute Gasteiger partial charge is 0.487 e. The predicted octanol–water partition coefficient (Wildman–Crippen LogP) is 5.81. The van der Waals surface area contributed by atoms with Crippen LogP contribution in [-0.4, -0.2) is 73.1 Å². The van der Waals surface area contributed by atoms with Gasteiger partial charge in [0.05, 0.1) is 22.7 Å². The van der Waals surface area contributed by atoms with Gasteiger partial charge in [0.15, 0.2) is 5.13 Å². The number of benzene rings is 2. The Morgan fingerprint density at radius 2 is 2.02 bits per heavy atom. The lowest BCUT2D eigenvalue weighted by atomic mass is 9.90. The summed E-state index contributed by atoms with van der Waals surface area (Å²) in [5, 5.41) is 12.9. The molecule has 0 saturated carbocycles. The highest BCUT2D eigenvalue weighted by molar-refractivity contribution is 7.14. The van der Waals surface area contributed by atoms with Crippen LogP contribution in [0.25, 0.3) is 11.3 Å². The maximum atomic E-state index is 11.6. The molecule has 2 unspecified atom stereocenters. The topological polar surface area (TPSA) is 84.4 Å². The highest BCUT2D eigenvalue weighted by Crippen LogP contribution is 2.39. The van der Waals surface area contributed by atoms with Crippen LogP contribution < -0.4 is 9.64 Å². The number of aromatic nitrogens is 1. The van der Waals surface area contributed by atoms with E-state index in [9.17, 15) is 9.90 Å². The Balaban J connectivity index is 1.16. The van der Waals surface area contributed by atoms with Gasteiger partial charge in [-0.15, -0.1) is 11.3 Å². The molecule has 8 nitrogen and oxygen atoms in total. The number of aliphatic carboxylic acids is 1. The molecule has 2 saturated heterocycles. The molecule has 0 amide bonds. The number of ether oxygens (including phenoxy) is 3. The van der Waals surface area contributed by atoms with Gasteiger partial charge >= 0.3 is 5.97 Å². The van der Waals surface area contributed by atoms with Crippen LogP contribution in [0.4, 0.5) is 5.13 Å². The summed E-state index contributed by atoms with van der Waals surface area (Å²) in [5.74, 6) is -0.692. The summed E-state index contributed by atoms with van der Waals surface area (Å²) in [4.78, 5) is 21.3. The van der Waals surface area contributed by atoms with Crippen LogP contribution in [0, 0.1) is 12.8 Å². The monoisotopic (exact) mass is 611 g/mol. The molecule has 4 heterocycles. The van der Waals surface area contributed by atoms with Gasteiger partial charge in [-0.1, -0.05) is 29.8 Å². The number of rotatable bonds is 8. The number of para-hydroxylation sites is 1. The van der Waals surface area contributed by atoms with Crippen molar-refractivity contribution in [1.82, 2.24) is 9.88 Å². The number of thiazole rings is 1. The van der Waals surface area contributed by atoms with Crippen molar-refractivity contribution in [2.24, 2.45) is 5.92 Å². The number of halogens is 1. The molecule has 0 radical (unpaired) electrons. The molecule has 224 valence electrons. The minimum atomic E-state index is -0.812. The average molecular weight is 612 g/mol. The Bertz CT molecular complexity index is 1430. The first kappa shape index (κ1) is 29.4. The van der Waals surface area contributed by atoms with Gasteiger partial charge in [0.1, 0.15) is 12.4 Å². The highest BCUT2D eigenvalue weighted by atomic mass is 35.5. The second kappa shape index (κ2) is 12.9. The number of fused-ring (bicyclic) bond motifs is 1. The van der Waals surface area contributed by atoms with Gasteiger partial charge in [-0.25, -0.2) is 4.98 Å². The Morgan fingerprint density at radius 3 is 2.81 bits per heavy atom. The molecule has 2 aromatic carbocycles. The van der Waals surface area contributed by atoms with Crippen molar-refractivity contribution in [3.05, 3.63) is 63.0 Å². The van der Waals surface area contributed by atoms with E-state index in [1.54, 1.807) is 7.11 Å². The van der Waals surface area contributed by atoms with Gasteiger partial charge in [-0.05, 0) is 67.0 Å². The summed E-state index contributed by atoms with van der Waals surface area (Å²) in [5.41, 5.74) is 6.98. The van der Waals surface area contributed by atoms with Crippen molar-refractivity contribution in [3.8, 4) is 17.0 Å². The fourth-order valence-corrected chi connectivity index (χ4v) is 7.67. The Labute approximate surface area is 256 Å². The van der Waals surface area contributed by atoms with Gasteiger partial charge in [0, 0.05) is 63.5 Å². The van der Waals surface area contributed by atoms with Crippen molar-refractivity contribution in [1.29, 1.82) is 0 Å². The van der Waals surface area contributed by atoms with Gasteiger partial charge in [-0.3, -0.25) is 9.69 Å². The second-order valence-corrected chi connectivity index (χ2v) is 12.7. The molecule has 6 rings (SSSR count). The number of anilines is 1. The molecule has 42 heavy (non-hydrogen) atoms. The zero-order chi connectivity index (χ0) is 29.2. The summed E-state index contributed by atoms with van der Waals surface area (Å²) in [6.07, 6.45) is 3.44. The number of carboxylic acid groups (broad SMARTS) is 1. The van der Waals surface area contributed by atoms with E-state index >= 15 is 0 Å². The van der Waals surface area contributed by atoms with Crippen LogP contribution in [-0.2, 0) is 33.8 Å². The first-order chi connectivity index (χ1) is 20.4. The third kappa shape index (κ3) is 6.03. The fourth-order valence-electron chi connectivity index (χ4n) is 6.58. The Kier molecular flexibility index (Phi) is 9.02. The predicted molar refractivity (Wildman–Crippen MR) is 165 cm³/mol. The number of carbonyl (C=O) groups is 1. The fraction of sp³-hybridized carbons (Fsp3) is 0.500. The number of nitrogens with zero attached hydrogens (tertiary/aromatic N) is 3. The van der Waals surface area contributed by atoms with Crippen molar-refractivity contribution >= 4 is 34.0 Å². The molecule has 3 aliphatic heterocycles. The van der Waals surface area contributed by atoms with Crippen LogP contribution >= 0.6 is 22.9 Å². The quantitative estimate of drug-likeness (QED) is 0.341. The van der Waals surface area contributed by atoms with Crippen molar-refractivity contribution in [2.45, 2.75) is 57.9 Å². The Morgan fingerprint density at radius 1 is 1.19 bits per heavy atom. The van der Waals surface area contributed by atoms with E-state index in [2.05, 4.69) is 28.9 Å². The molecular weight excluding hydrogens is 574 g/mol. The van der Waals surface area contributed by atoms with E-state index < -0.39 is 11.9 Å². The zero-order valence-corrected chi connectivity index (χ0v) is 25.8. The van der Waals surface area contributed by atoms with Crippen molar-refractivity contribution in [3.63, 3.8) is 0 Å². The van der Waals surface area contributed by atoms with Crippen LogP contribution in [0.3, 0.4) is 0 Å². The Hall–Kier alpha value is -2.69. The van der Waals surface area contributed by atoms with Crippen LogP contribution in [0.1, 0.15) is 41.5 Å². The van der Waals surface area contributed by atoms with E-state index in [-0.39, 0.29) is 6.10 Å². The minimum absolute atomic E-state index is 0.376. The molecule has 3 aromatic rings. The van der Waals surface area contributed by atoms with Crippen LogP contribution in [0.15, 0.2) is 35.7 Å². The van der Waals surface area contributed by atoms with E-state index in [1.807, 2.05) is 23.6 Å². The minimum Gasteiger partial charge on any atom is -0.487 e. The molecule has 0 spiro atoms. The standard InChI is InChI=1S/C32H38ClN3O5S/c1-20-22(7-6-21-16-35(12-8-24(20)21)23-10-14-40-15-11-23)18-41-30-25(4-3-5-27(30)33)28-19-42-32(34-28)36-13-9-26(31(37)38)29(17-36)39-2/h3-7,19,23,26,29H,8-18H2,1-2H3,(H,37,38). The lowest BCUT2D eigenvalue weighted by molar-refractivity contribution is -0.147. The molecule has 1 aromatic heterocycles. The third-order valence-electron chi connectivity index (χ3n) is 9.09. The molecule has 2 atom stereocenters. The molecule has 2 fully saturated rings. The lowest BCUT2D eigenvalue weighted by Crippen LogP contribution is -2.47. The highest BCUT2D eigenvalue weighted by Gasteiger charge is 2.35. The van der Waals surface area contributed by atoms with Gasteiger partial charge < -0.3 is 24.2 Å². The normalized spacial score (nSPS) is 21.7. The lowest BCUT2D eigenvalue weighted by Gasteiger charge is -2.38. The molecular formula is C32H38ClN3O5S. The summed E-state index contributed by atoms with van der Waals surface area (Å²) >= 11 is 8.22. The number of methoxy groups -OCH3 is 1. The van der Waals surface area contributed by atoms with E-state index in [0.29, 0.717) is 42.9 Å². The average Bonchev–Trinajstić information content (AvgIpc) is 3.51. The van der Waals surface area contributed by atoms with Gasteiger partial charge in [0.25, 0.3) is 0 Å². The van der Waals surface area contributed by atoms with Gasteiger partial charge in [0.2, 0.25) is 0 Å². The summed E-state index contributed by atoms with van der Waals surface area (Å²) in [6, 6.07) is 10.8. The number of piperidine rings is 1. The van der Waals surface area contributed by atoms with Gasteiger partial charge in [-0.2, -0.15) is 0 Å². The summed E-state index contributed by atoms with van der Waals surface area (Å²) < 4.78 is 17.5. The first-order valence-electron chi connectivity index (χ1n) is 14.7. The summed E-state index contributed by atoms with van der Waals surface area (Å²) in [6.45, 7) is 7.57. The molecule has 1 N–H and O–H groups in total. The molecule has 0 bridgehead atoms. The summed E-state index contributed by atoms with van der Waals surface area (Å²) in [7, 11) is 1.57. The van der Waals surface area contributed by atoms with E-state index in [0.717, 1.165) is 62.0 Å². The maximum absolute atomic E-state index is 11.6. The number of hydrogen-bond acceptors (Lipinski definition) is 8. The molecule has 3 aliphatic rings. The smallest absolute Gasteiger partial charge is 0.309 e. The second-order valence-electron chi connectivity index (χ2n) is 11.4. The number of hydrogen-bond donors (Lipinski definition) is 1. The van der Waals surface area contributed by atoms with E-state index in [1.165, 1.54) is 33.6 Å². The number of carboxylic acids is 1. The SMILES string of the molecule is COC1CN(c2nc(-c3cccc(Cl)c3OCc3ccc4c(c3C)CCN(C3CCOCC3)C4)cs2)CCC1C(=O)O. The molecule has 10 heteroatoms. The first-order valence-corrected chi connectivity index (χ1v) is 16.0. The maximum Gasteiger partial charge on any atom is 0.309 e. The van der Waals surface area contributed by atoms with Crippen LogP contribution in [0.5, 0.6) is 5.75 Å². The molecule has 0 aliphatic carbocycles.